The van der Waals surface area contributed by atoms with E-state index in [1.54, 1.807) is 51.3 Å². The molecule has 1 N–H and O–H groups in total. The summed E-state index contributed by atoms with van der Waals surface area (Å²) in [6.45, 7) is 3.72. The first-order valence-corrected chi connectivity index (χ1v) is 8.14. The van der Waals surface area contributed by atoms with Gasteiger partial charge >= 0.3 is 6.03 Å². The van der Waals surface area contributed by atoms with Gasteiger partial charge in [0.15, 0.2) is 0 Å². The number of pyridine rings is 1. The van der Waals surface area contributed by atoms with Crippen LogP contribution < -0.4 is 14.8 Å². The maximum Gasteiger partial charge on any atom is 0.322 e. The van der Waals surface area contributed by atoms with E-state index in [1.165, 1.54) is 0 Å². The molecule has 2 amide bonds. The molecule has 6 nitrogen and oxygen atoms in total. The van der Waals surface area contributed by atoms with Crippen LogP contribution in [0.2, 0.25) is 5.15 Å². The van der Waals surface area contributed by atoms with Gasteiger partial charge in [0.25, 0.3) is 0 Å². The lowest BCUT2D eigenvalue weighted by Crippen LogP contribution is -2.34. The van der Waals surface area contributed by atoms with Gasteiger partial charge in [-0.3, -0.25) is 0 Å². The van der Waals surface area contributed by atoms with Crippen LogP contribution in [-0.2, 0) is 0 Å². The van der Waals surface area contributed by atoms with Crippen LogP contribution in [0.3, 0.4) is 0 Å². The molecule has 2 aromatic rings. The van der Waals surface area contributed by atoms with Crippen molar-refractivity contribution in [2.75, 3.05) is 26.6 Å². The molecule has 0 fully saturated rings. The standard InChI is InChI=1S/C18H22ClN3O3/c1-11-15(8-9-17(19)20-11)21-18(23)22(3)12(2)14-7-6-13(24-4)10-16(14)25-5/h6-10,12H,1-5H3,(H,21,23)/t12-/m1/s1. The summed E-state index contributed by atoms with van der Waals surface area (Å²) in [7, 11) is 4.91. The smallest absolute Gasteiger partial charge is 0.322 e. The fourth-order valence-corrected chi connectivity index (χ4v) is 2.60. The van der Waals surface area contributed by atoms with Crippen molar-refractivity contribution in [3.05, 3.63) is 46.7 Å². The van der Waals surface area contributed by atoms with Crippen molar-refractivity contribution >= 4 is 23.3 Å². The third-order valence-electron chi connectivity index (χ3n) is 4.09. The largest absolute Gasteiger partial charge is 0.497 e. The number of carbonyl (C=O) groups excluding carboxylic acids is 1. The van der Waals surface area contributed by atoms with E-state index in [-0.39, 0.29) is 12.1 Å². The van der Waals surface area contributed by atoms with Gasteiger partial charge in [-0.25, -0.2) is 9.78 Å². The lowest BCUT2D eigenvalue weighted by atomic mass is 10.1. The number of hydrogen-bond donors (Lipinski definition) is 1. The molecule has 0 unspecified atom stereocenters. The highest BCUT2D eigenvalue weighted by Crippen LogP contribution is 2.32. The molecule has 1 atom stereocenters. The van der Waals surface area contributed by atoms with Crippen molar-refractivity contribution < 1.29 is 14.3 Å². The number of methoxy groups -OCH3 is 2. The summed E-state index contributed by atoms with van der Waals surface area (Å²) < 4.78 is 10.6. The fraction of sp³-hybridized carbons (Fsp3) is 0.333. The molecule has 0 aliphatic heterocycles. The van der Waals surface area contributed by atoms with E-state index in [1.807, 2.05) is 19.1 Å². The fourth-order valence-electron chi connectivity index (χ4n) is 2.41. The number of rotatable bonds is 5. The number of amides is 2. The minimum absolute atomic E-state index is 0.207. The molecular formula is C18H22ClN3O3. The Labute approximate surface area is 152 Å². The second-order valence-corrected chi connectivity index (χ2v) is 5.98. The quantitative estimate of drug-likeness (QED) is 0.805. The van der Waals surface area contributed by atoms with Crippen LogP contribution >= 0.6 is 11.6 Å². The number of ether oxygens (including phenoxy) is 2. The number of aryl methyl sites for hydroxylation is 1. The molecule has 0 spiro atoms. The topological polar surface area (TPSA) is 63.7 Å². The third-order valence-corrected chi connectivity index (χ3v) is 4.30. The first-order chi connectivity index (χ1) is 11.9. The van der Waals surface area contributed by atoms with E-state index >= 15 is 0 Å². The van der Waals surface area contributed by atoms with Crippen molar-refractivity contribution in [2.45, 2.75) is 19.9 Å². The number of nitrogens with one attached hydrogen (secondary N) is 1. The maximum atomic E-state index is 12.6. The summed E-state index contributed by atoms with van der Waals surface area (Å²) >= 11 is 5.85. The van der Waals surface area contributed by atoms with Crippen LogP contribution in [0.25, 0.3) is 0 Å². The number of carbonyl (C=O) groups is 1. The predicted molar refractivity (Wildman–Crippen MR) is 98.7 cm³/mol. The van der Waals surface area contributed by atoms with Crippen LogP contribution in [0.15, 0.2) is 30.3 Å². The summed E-state index contributed by atoms with van der Waals surface area (Å²) in [5.41, 5.74) is 2.16. The summed E-state index contributed by atoms with van der Waals surface area (Å²) in [6.07, 6.45) is 0. The lowest BCUT2D eigenvalue weighted by molar-refractivity contribution is 0.207. The Morgan fingerprint density at radius 1 is 1.24 bits per heavy atom. The molecule has 0 saturated heterocycles. The van der Waals surface area contributed by atoms with Gasteiger partial charge in [-0.2, -0.15) is 0 Å². The van der Waals surface area contributed by atoms with E-state index in [9.17, 15) is 4.79 Å². The summed E-state index contributed by atoms with van der Waals surface area (Å²) in [5.74, 6) is 1.36. The molecule has 7 heteroatoms. The highest BCUT2D eigenvalue weighted by molar-refractivity contribution is 6.29. The second kappa shape index (κ2) is 8.07. The number of hydrogen-bond acceptors (Lipinski definition) is 4. The van der Waals surface area contributed by atoms with Crippen LogP contribution in [0.5, 0.6) is 11.5 Å². The van der Waals surface area contributed by atoms with Crippen molar-refractivity contribution in [1.29, 1.82) is 0 Å². The second-order valence-electron chi connectivity index (χ2n) is 5.59. The first kappa shape index (κ1) is 18.9. The zero-order chi connectivity index (χ0) is 18.6. The summed E-state index contributed by atoms with van der Waals surface area (Å²) in [5, 5.41) is 3.24. The molecule has 0 saturated carbocycles. The van der Waals surface area contributed by atoms with Crippen molar-refractivity contribution in [3.63, 3.8) is 0 Å². The van der Waals surface area contributed by atoms with E-state index in [2.05, 4.69) is 10.3 Å². The van der Waals surface area contributed by atoms with E-state index < -0.39 is 0 Å². The Hall–Kier alpha value is -2.47. The normalized spacial score (nSPS) is 11.6. The summed E-state index contributed by atoms with van der Waals surface area (Å²) in [6, 6.07) is 8.44. The van der Waals surface area contributed by atoms with Gasteiger partial charge in [0.1, 0.15) is 16.7 Å². The highest BCUT2D eigenvalue weighted by Gasteiger charge is 2.21. The monoisotopic (exact) mass is 363 g/mol. The molecule has 0 aliphatic rings. The SMILES string of the molecule is COc1ccc([C@@H](C)N(C)C(=O)Nc2ccc(Cl)nc2C)c(OC)c1. The van der Waals surface area contributed by atoms with Gasteiger partial charge in [-0.15, -0.1) is 0 Å². The van der Waals surface area contributed by atoms with Gasteiger partial charge < -0.3 is 19.7 Å². The molecule has 25 heavy (non-hydrogen) atoms. The minimum Gasteiger partial charge on any atom is -0.497 e. The van der Waals surface area contributed by atoms with Gasteiger partial charge in [-0.1, -0.05) is 11.6 Å². The van der Waals surface area contributed by atoms with Crippen molar-refractivity contribution in [1.82, 2.24) is 9.88 Å². The van der Waals surface area contributed by atoms with Gasteiger partial charge in [0.2, 0.25) is 0 Å². The summed E-state index contributed by atoms with van der Waals surface area (Å²) in [4.78, 5) is 18.3. The van der Waals surface area contributed by atoms with Gasteiger partial charge in [0, 0.05) is 18.7 Å². The molecule has 134 valence electrons. The highest BCUT2D eigenvalue weighted by atomic mass is 35.5. The Morgan fingerprint density at radius 3 is 2.56 bits per heavy atom. The Morgan fingerprint density at radius 2 is 1.96 bits per heavy atom. The maximum absolute atomic E-state index is 12.6. The molecule has 0 bridgehead atoms. The predicted octanol–water partition coefficient (Wildman–Crippen LogP) is 4.29. The number of nitrogens with zero attached hydrogens (tertiary/aromatic N) is 2. The third kappa shape index (κ3) is 4.33. The van der Waals surface area contributed by atoms with Crippen LogP contribution in [0.1, 0.15) is 24.2 Å². The number of urea groups is 1. The number of aromatic nitrogens is 1. The van der Waals surface area contributed by atoms with Crippen molar-refractivity contribution in [3.8, 4) is 11.5 Å². The zero-order valence-electron chi connectivity index (χ0n) is 15.0. The molecule has 1 heterocycles. The Bertz CT molecular complexity index is 767. The van der Waals surface area contributed by atoms with Crippen LogP contribution in [0.4, 0.5) is 10.5 Å². The average molecular weight is 364 g/mol. The van der Waals surface area contributed by atoms with E-state index in [0.29, 0.717) is 28.0 Å². The van der Waals surface area contributed by atoms with Crippen molar-refractivity contribution in [2.24, 2.45) is 0 Å². The van der Waals surface area contributed by atoms with E-state index in [0.717, 1.165) is 5.56 Å². The molecule has 2 rings (SSSR count). The zero-order valence-corrected chi connectivity index (χ0v) is 15.7. The first-order valence-electron chi connectivity index (χ1n) is 7.76. The molecular weight excluding hydrogens is 342 g/mol. The Kier molecular flexibility index (Phi) is 6.09. The number of benzene rings is 1. The number of anilines is 1. The number of halogens is 1. The lowest BCUT2D eigenvalue weighted by Gasteiger charge is -2.27. The van der Waals surface area contributed by atoms with Crippen LogP contribution in [-0.4, -0.2) is 37.2 Å². The van der Waals surface area contributed by atoms with Gasteiger partial charge in [0.05, 0.1) is 31.6 Å². The van der Waals surface area contributed by atoms with Gasteiger partial charge in [-0.05, 0) is 38.1 Å². The minimum atomic E-state index is -0.252. The average Bonchev–Trinajstić information content (AvgIpc) is 2.62. The molecule has 1 aromatic heterocycles. The van der Waals surface area contributed by atoms with Crippen LogP contribution in [0, 0.1) is 6.92 Å². The molecule has 1 aromatic carbocycles. The molecule has 0 aliphatic carbocycles. The van der Waals surface area contributed by atoms with E-state index in [4.69, 9.17) is 21.1 Å². The molecule has 0 radical (unpaired) electrons. The Balaban J connectivity index is 2.18.